The number of hydrogen-bond acceptors (Lipinski definition) is 4. The monoisotopic (exact) mass is 386 g/mol. The standard InChI is InChI=1S/C16H19ClN2O3S2/c1-2-5-15(20)18-16-19(8-11-6-3-4-7-12(11)17)13-9-24(21,22)10-14(13)23-16/h3-4,6-7,13-14H,2,5,8-10H2,1H3/t13-,14-/m0/s1. The zero-order valence-corrected chi connectivity index (χ0v) is 15.7. The molecule has 2 heterocycles. The van der Waals surface area contributed by atoms with Gasteiger partial charge >= 0.3 is 0 Å². The summed E-state index contributed by atoms with van der Waals surface area (Å²) in [5.74, 6) is 0.0883. The summed E-state index contributed by atoms with van der Waals surface area (Å²) in [6.45, 7) is 2.39. The second-order valence-corrected chi connectivity index (χ2v) is 9.83. The number of fused-ring (bicyclic) bond motifs is 1. The number of amides is 1. The molecule has 130 valence electrons. The van der Waals surface area contributed by atoms with Gasteiger partial charge in [0, 0.05) is 23.2 Å². The molecule has 0 aliphatic carbocycles. The van der Waals surface area contributed by atoms with Crippen LogP contribution >= 0.6 is 23.4 Å². The molecule has 1 amide bonds. The van der Waals surface area contributed by atoms with E-state index in [-0.39, 0.29) is 28.7 Å². The van der Waals surface area contributed by atoms with Gasteiger partial charge in [-0.3, -0.25) is 4.79 Å². The predicted octanol–water partition coefficient (Wildman–Crippen LogP) is 2.74. The Kier molecular flexibility index (Phi) is 5.22. The number of carbonyl (C=O) groups excluding carboxylic acids is 1. The summed E-state index contributed by atoms with van der Waals surface area (Å²) in [7, 11) is -3.04. The number of benzene rings is 1. The van der Waals surface area contributed by atoms with Crippen LogP contribution in [0.2, 0.25) is 5.02 Å². The average Bonchev–Trinajstić information content (AvgIpc) is 2.94. The van der Waals surface area contributed by atoms with E-state index >= 15 is 0 Å². The van der Waals surface area contributed by atoms with Crippen molar-refractivity contribution in [1.29, 1.82) is 0 Å². The molecule has 2 saturated heterocycles. The molecule has 0 unspecified atom stereocenters. The van der Waals surface area contributed by atoms with Crippen molar-refractivity contribution in [2.75, 3.05) is 11.5 Å². The molecule has 0 aromatic heterocycles. The number of carbonyl (C=O) groups is 1. The van der Waals surface area contributed by atoms with Gasteiger partial charge < -0.3 is 4.90 Å². The molecule has 2 atom stereocenters. The maximum absolute atomic E-state index is 12.0. The first kappa shape index (κ1) is 17.8. The molecule has 8 heteroatoms. The molecule has 2 aliphatic rings. The van der Waals surface area contributed by atoms with Gasteiger partial charge in [0.15, 0.2) is 15.0 Å². The topological polar surface area (TPSA) is 66.8 Å². The highest BCUT2D eigenvalue weighted by atomic mass is 35.5. The van der Waals surface area contributed by atoms with E-state index in [0.717, 1.165) is 12.0 Å². The molecule has 2 aliphatic heterocycles. The van der Waals surface area contributed by atoms with E-state index in [0.29, 0.717) is 23.2 Å². The Hall–Kier alpha value is -1.05. The van der Waals surface area contributed by atoms with Gasteiger partial charge in [-0.25, -0.2) is 8.42 Å². The SMILES string of the molecule is CCCC(=O)N=C1S[C@H]2CS(=O)(=O)C[C@@H]2N1Cc1ccccc1Cl. The Morgan fingerprint density at radius 3 is 2.83 bits per heavy atom. The number of amidine groups is 1. The Labute approximate surface area is 151 Å². The molecule has 3 rings (SSSR count). The third-order valence-corrected chi connectivity index (χ3v) is 7.77. The molecule has 24 heavy (non-hydrogen) atoms. The molecule has 0 N–H and O–H groups in total. The fraction of sp³-hybridized carbons (Fsp3) is 0.500. The number of rotatable bonds is 4. The summed E-state index contributed by atoms with van der Waals surface area (Å²) < 4.78 is 23.9. The zero-order valence-electron chi connectivity index (χ0n) is 13.3. The van der Waals surface area contributed by atoms with Crippen molar-refractivity contribution in [3.8, 4) is 0 Å². The Morgan fingerprint density at radius 1 is 1.38 bits per heavy atom. The molecule has 0 spiro atoms. The maximum atomic E-state index is 12.0. The minimum atomic E-state index is -3.04. The smallest absolute Gasteiger partial charge is 0.248 e. The second kappa shape index (κ2) is 7.06. The van der Waals surface area contributed by atoms with Gasteiger partial charge in [0.2, 0.25) is 5.91 Å². The molecule has 0 radical (unpaired) electrons. The summed E-state index contributed by atoms with van der Waals surface area (Å²) >= 11 is 7.65. The van der Waals surface area contributed by atoms with Gasteiger partial charge in [0.05, 0.1) is 17.5 Å². The van der Waals surface area contributed by atoms with Crippen molar-refractivity contribution in [2.24, 2.45) is 4.99 Å². The number of hydrogen-bond donors (Lipinski definition) is 0. The average molecular weight is 387 g/mol. The van der Waals surface area contributed by atoms with Gasteiger partial charge in [0.1, 0.15) is 0 Å². The van der Waals surface area contributed by atoms with Crippen molar-refractivity contribution < 1.29 is 13.2 Å². The minimum Gasteiger partial charge on any atom is -0.342 e. The van der Waals surface area contributed by atoms with Crippen LogP contribution in [0, 0.1) is 0 Å². The number of sulfone groups is 1. The van der Waals surface area contributed by atoms with Crippen LogP contribution in [0.5, 0.6) is 0 Å². The lowest BCUT2D eigenvalue weighted by molar-refractivity contribution is -0.117. The van der Waals surface area contributed by atoms with Crippen LogP contribution in [0.3, 0.4) is 0 Å². The highest BCUT2D eigenvalue weighted by Gasteiger charge is 2.48. The van der Waals surface area contributed by atoms with E-state index in [1.807, 2.05) is 36.1 Å². The van der Waals surface area contributed by atoms with Gasteiger partial charge in [-0.2, -0.15) is 4.99 Å². The van der Waals surface area contributed by atoms with E-state index in [1.165, 1.54) is 11.8 Å². The highest BCUT2D eigenvalue weighted by Crippen LogP contribution is 2.39. The Bertz CT molecular complexity index is 779. The molecule has 1 aromatic carbocycles. The fourth-order valence-electron chi connectivity index (χ4n) is 3.01. The van der Waals surface area contributed by atoms with Crippen molar-refractivity contribution in [3.05, 3.63) is 34.9 Å². The lowest BCUT2D eigenvalue weighted by Gasteiger charge is -2.24. The minimum absolute atomic E-state index is 0.0642. The third kappa shape index (κ3) is 3.78. The van der Waals surface area contributed by atoms with E-state index in [9.17, 15) is 13.2 Å². The molecule has 0 saturated carbocycles. The van der Waals surface area contributed by atoms with Gasteiger partial charge in [0.25, 0.3) is 0 Å². The van der Waals surface area contributed by atoms with E-state index in [1.54, 1.807) is 0 Å². The lowest BCUT2D eigenvalue weighted by atomic mass is 10.1. The number of halogens is 1. The van der Waals surface area contributed by atoms with Crippen LogP contribution in [0.4, 0.5) is 0 Å². The summed E-state index contributed by atoms with van der Waals surface area (Å²) in [6, 6.07) is 7.32. The summed E-state index contributed by atoms with van der Waals surface area (Å²) in [6.07, 6.45) is 1.14. The van der Waals surface area contributed by atoms with Crippen molar-refractivity contribution in [2.45, 2.75) is 37.6 Å². The number of aliphatic imine (C=N–C) groups is 1. The van der Waals surface area contributed by atoms with Crippen LogP contribution in [-0.2, 0) is 21.2 Å². The normalized spacial score (nSPS) is 26.8. The first-order valence-electron chi connectivity index (χ1n) is 7.88. The first-order valence-corrected chi connectivity index (χ1v) is 11.0. The fourth-order valence-corrected chi connectivity index (χ4v) is 7.17. The Morgan fingerprint density at radius 2 is 2.12 bits per heavy atom. The van der Waals surface area contributed by atoms with Gasteiger partial charge in [-0.05, 0) is 18.1 Å². The van der Waals surface area contributed by atoms with Crippen LogP contribution in [0.25, 0.3) is 0 Å². The lowest BCUT2D eigenvalue weighted by Crippen LogP contribution is -2.37. The van der Waals surface area contributed by atoms with E-state index in [2.05, 4.69) is 4.99 Å². The third-order valence-electron chi connectivity index (χ3n) is 4.16. The van der Waals surface area contributed by atoms with Crippen LogP contribution in [0.15, 0.2) is 29.3 Å². The summed E-state index contributed by atoms with van der Waals surface area (Å²) in [4.78, 5) is 18.1. The van der Waals surface area contributed by atoms with Crippen LogP contribution in [0.1, 0.15) is 25.3 Å². The van der Waals surface area contributed by atoms with Crippen molar-refractivity contribution >= 4 is 44.3 Å². The predicted molar refractivity (Wildman–Crippen MR) is 98.2 cm³/mol. The van der Waals surface area contributed by atoms with Crippen molar-refractivity contribution in [1.82, 2.24) is 4.90 Å². The Balaban J connectivity index is 1.90. The summed E-state index contributed by atoms with van der Waals surface area (Å²) in [5.41, 5.74) is 0.903. The molecular formula is C16H19ClN2O3S2. The molecule has 5 nitrogen and oxygen atoms in total. The number of nitrogens with zero attached hydrogens (tertiary/aromatic N) is 2. The highest BCUT2D eigenvalue weighted by molar-refractivity contribution is 8.15. The number of thioether (sulfide) groups is 1. The molecule has 0 bridgehead atoms. The van der Waals surface area contributed by atoms with Crippen LogP contribution < -0.4 is 0 Å². The van der Waals surface area contributed by atoms with Gasteiger partial charge in [-0.15, -0.1) is 0 Å². The maximum Gasteiger partial charge on any atom is 0.248 e. The quantitative estimate of drug-likeness (QED) is 0.795. The molecule has 1 aromatic rings. The summed E-state index contributed by atoms with van der Waals surface area (Å²) in [5, 5.41) is 1.19. The van der Waals surface area contributed by atoms with E-state index in [4.69, 9.17) is 11.6 Å². The van der Waals surface area contributed by atoms with Crippen molar-refractivity contribution in [3.63, 3.8) is 0 Å². The first-order chi connectivity index (χ1) is 11.4. The second-order valence-electron chi connectivity index (χ2n) is 6.06. The van der Waals surface area contributed by atoms with Crippen LogP contribution in [-0.4, -0.2) is 47.2 Å². The zero-order chi connectivity index (χ0) is 17.3. The largest absolute Gasteiger partial charge is 0.342 e. The van der Waals surface area contributed by atoms with Gasteiger partial charge in [-0.1, -0.05) is 48.5 Å². The molecular weight excluding hydrogens is 368 g/mol. The van der Waals surface area contributed by atoms with E-state index < -0.39 is 9.84 Å². The molecule has 2 fully saturated rings.